The number of hydrogen-bond acceptors (Lipinski definition) is 3. The monoisotopic (exact) mass is 823 g/mol. The van der Waals surface area contributed by atoms with Crippen LogP contribution in [0.4, 0.5) is 0 Å². The van der Waals surface area contributed by atoms with Gasteiger partial charge in [-0.1, -0.05) is 107 Å². The van der Waals surface area contributed by atoms with E-state index in [1.807, 2.05) is 30.5 Å². The Morgan fingerprint density at radius 1 is 0.714 bits per heavy atom. The molecule has 1 N–H and O–H groups in total. The Kier molecular flexibility index (Phi) is 9.91. The molecule has 4 aromatic carbocycles. The van der Waals surface area contributed by atoms with Crippen molar-refractivity contribution in [3.05, 3.63) is 132 Å². The van der Waals surface area contributed by atoms with Crippen LogP contribution in [0.15, 0.2) is 109 Å². The van der Waals surface area contributed by atoms with Gasteiger partial charge in [0.15, 0.2) is 0 Å². The summed E-state index contributed by atoms with van der Waals surface area (Å²) >= 11 is 0. The molecule has 0 atom stereocenters. The molecule has 250 valence electrons. The molecule has 0 aliphatic rings. The number of aromatic hydroxyl groups is 1. The minimum atomic E-state index is 0. The number of phenolic OH excluding ortho intramolecular Hbond substituents is 1. The summed E-state index contributed by atoms with van der Waals surface area (Å²) in [5, 5.41) is 13.1. The molecule has 0 fully saturated rings. The van der Waals surface area contributed by atoms with Gasteiger partial charge in [-0.2, -0.15) is 0 Å². The Hall–Kier alpha value is -4.53. The zero-order valence-electron chi connectivity index (χ0n) is 28.9. The van der Waals surface area contributed by atoms with Gasteiger partial charge in [-0.25, -0.2) is 4.98 Å². The minimum absolute atomic E-state index is 0. The van der Waals surface area contributed by atoms with Gasteiger partial charge < -0.3 is 9.67 Å². The van der Waals surface area contributed by atoms with E-state index < -0.39 is 0 Å². The molecule has 49 heavy (non-hydrogen) atoms. The fraction of sp³-hybridized carbons (Fsp3) is 0.227. The van der Waals surface area contributed by atoms with Crippen LogP contribution >= 0.6 is 0 Å². The second kappa shape index (κ2) is 14.1. The number of nitrogens with zero attached hydrogens (tertiary/aromatic N) is 3. The molecule has 0 aliphatic heterocycles. The topological polar surface area (TPSA) is 50.9 Å². The van der Waals surface area contributed by atoms with Gasteiger partial charge in [0, 0.05) is 43.6 Å². The minimum Gasteiger partial charge on any atom is -0.507 e. The molecule has 7 rings (SSSR count). The van der Waals surface area contributed by atoms with Gasteiger partial charge in [-0.15, -0.1) is 23.8 Å². The van der Waals surface area contributed by atoms with Crippen molar-refractivity contribution in [1.29, 1.82) is 0 Å². The fourth-order valence-corrected chi connectivity index (χ4v) is 7.02. The molecule has 3 heterocycles. The summed E-state index contributed by atoms with van der Waals surface area (Å²) in [5.74, 6) is 1.35. The molecule has 0 spiro atoms. The third kappa shape index (κ3) is 6.59. The molecule has 0 saturated carbocycles. The van der Waals surface area contributed by atoms with E-state index in [1.54, 1.807) is 6.07 Å². The molecule has 0 saturated heterocycles. The first-order valence-corrected chi connectivity index (χ1v) is 17.0. The Morgan fingerprint density at radius 3 is 2.10 bits per heavy atom. The van der Waals surface area contributed by atoms with Crippen LogP contribution < -0.4 is 0 Å². The van der Waals surface area contributed by atoms with Crippen LogP contribution in [0.3, 0.4) is 0 Å². The zero-order valence-corrected chi connectivity index (χ0v) is 31.2. The van der Waals surface area contributed by atoms with E-state index in [9.17, 15) is 5.11 Å². The molecule has 0 bridgehead atoms. The molecule has 0 aliphatic carbocycles. The molecule has 0 unspecified atom stereocenters. The van der Waals surface area contributed by atoms with Crippen LogP contribution in [0.2, 0.25) is 0 Å². The molecule has 0 radical (unpaired) electrons. The summed E-state index contributed by atoms with van der Waals surface area (Å²) in [6.45, 7) is 13.5. The van der Waals surface area contributed by atoms with Crippen molar-refractivity contribution in [2.24, 2.45) is 5.92 Å². The number of benzene rings is 4. The number of fused-ring (bicyclic) bond motifs is 3. The van der Waals surface area contributed by atoms with Crippen LogP contribution in [-0.2, 0) is 27.5 Å². The Balaban J connectivity index is 0.00000417. The SMILES string of the molecule is CC(C)Cc1cc(-c2[c-]c(-n3c4ccccc4c4cccnc43)cc(-c3c(C(C)C)cccc3C(C)C)c2)nc(-c2ccccc2O)c1.[Pt]. The number of pyridine rings is 2. The average Bonchev–Trinajstić information content (AvgIpc) is 3.42. The quantitative estimate of drug-likeness (QED) is 0.155. The summed E-state index contributed by atoms with van der Waals surface area (Å²) in [5.41, 5.74) is 12.3. The van der Waals surface area contributed by atoms with Crippen molar-refractivity contribution < 1.29 is 26.2 Å². The maximum Gasteiger partial charge on any atom is 0.144 e. The Labute approximate surface area is 304 Å². The number of hydrogen-bond donors (Lipinski definition) is 1. The van der Waals surface area contributed by atoms with E-state index in [0.717, 1.165) is 62.1 Å². The Morgan fingerprint density at radius 2 is 1.39 bits per heavy atom. The predicted molar refractivity (Wildman–Crippen MR) is 200 cm³/mol. The number of phenols is 1. The first kappa shape index (κ1) is 34.3. The number of aromatic nitrogens is 3. The van der Waals surface area contributed by atoms with Crippen LogP contribution in [-0.4, -0.2) is 19.6 Å². The Bertz CT molecular complexity index is 2200. The first-order valence-electron chi connectivity index (χ1n) is 17.0. The summed E-state index contributed by atoms with van der Waals surface area (Å²) in [7, 11) is 0. The molecular formula is C44H42N3OPt-. The molecule has 0 amide bonds. The van der Waals surface area contributed by atoms with Gasteiger partial charge in [0.1, 0.15) is 11.4 Å². The average molecular weight is 824 g/mol. The van der Waals surface area contributed by atoms with Crippen molar-refractivity contribution >= 4 is 21.9 Å². The largest absolute Gasteiger partial charge is 0.507 e. The van der Waals surface area contributed by atoms with E-state index in [4.69, 9.17) is 9.97 Å². The predicted octanol–water partition coefficient (Wildman–Crippen LogP) is 11.5. The summed E-state index contributed by atoms with van der Waals surface area (Å²) < 4.78 is 2.24. The van der Waals surface area contributed by atoms with Gasteiger partial charge in [-0.05, 0) is 88.6 Å². The van der Waals surface area contributed by atoms with Crippen molar-refractivity contribution in [3.63, 3.8) is 0 Å². The van der Waals surface area contributed by atoms with E-state index in [0.29, 0.717) is 17.8 Å². The molecular weight excluding hydrogens is 782 g/mol. The third-order valence-electron chi connectivity index (χ3n) is 9.18. The van der Waals surface area contributed by atoms with E-state index in [2.05, 4.69) is 125 Å². The number of para-hydroxylation sites is 2. The van der Waals surface area contributed by atoms with Gasteiger partial charge >= 0.3 is 0 Å². The van der Waals surface area contributed by atoms with Gasteiger partial charge in [0.2, 0.25) is 0 Å². The first-order chi connectivity index (χ1) is 23.2. The summed E-state index contributed by atoms with van der Waals surface area (Å²) in [6, 6.07) is 39.5. The van der Waals surface area contributed by atoms with Crippen LogP contribution in [0.1, 0.15) is 70.1 Å². The molecule has 7 aromatic rings. The van der Waals surface area contributed by atoms with Gasteiger partial charge in [0.05, 0.1) is 11.2 Å². The van der Waals surface area contributed by atoms with Crippen molar-refractivity contribution in [1.82, 2.24) is 14.5 Å². The maximum atomic E-state index is 10.9. The molecule has 5 heteroatoms. The van der Waals surface area contributed by atoms with Crippen LogP contribution in [0.5, 0.6) is 5.75 Å². The maximum absolute atomic E-state index is 10.9. The van der Waals surface area contributed by atoms with Crippen molar-refractivity contribution in [2.45, 2.75) is 59.8 Å². The van der Waals surface area contributed by atoms with E-state index in [1.165, 1.54) is 22.3 Å². The van der Waals surface area contributed by atoms with Crippen LogP contribution in [0, 0.1) is 12.0 Å². The third-order valence-corrected chi connectivity index (χ3v) is 9.18. The van der Waals surface area contributed by atoms with Crippen molar-refractivity contribution in [2.75, 3.05) is 0 Å². The fourth-order valence-electron chi connectivity index (χ4n) is 7.02. The summed E-state index contributed by atoms with van der Waals surface area (Å²) in [4.78, 5) is 10.1. The van der Waals surface area contributed by atoms with E-state index >= 15 is 0 Å². The molecule has 3 aromatic heterocycles. The second-order valence-corrected chi connectivity index (χ2v) is 13.9. The van der Waals surface area contributed by atoms with Crippen LogP contribution in [0.25, 0.3) is 61.3 Å². The summed E-state index contributed by atoms with van der Waals surface area (Å²) in [6.07, 6.45) is 2.76. The zero-order chi connectivity index (χ0) is 33.5. The second-order valence-electron chi connectivity index (χ2n) is 13.9. The van der Waals surface area contributed by atoms with Gasteiger partial charge in [-0.3, -0.25) is 4.98 Å². The van der Waals surface area contributed by atoms with E-state index in [-0.39, 0.29) is 26.8 Å². The molecule has 4 nitrogen and oxygen atoms in total. The normalized spacial score (nSPS) is 11.6. The standard InChI is InChI=1S/C44H42N3O.Pt/c1-27(2)21-30-22-39(46-40(23-30)38-14-8-10-19-42(38)48)31-24-32(43-34(28(3)4)15-11-16-35(43)29(5)6)26-33(25-31)47-41-18-9-7-13-36(41)37-17-12-20-45-44(37)47;/h7-20,22-24,26-29,48H,21H2,1-6H3;/q-1;. The van der Waals surface area contributed by atoms with Crippen molar-refractivity contribution in [3.8, 4) is 45.1 Å². The number of rotatable bonds is 8. The smallest absolute Gasteiger partial charge is 0.144 e. The van der Waals surface area contributed by atoms with Gasteiger partial charge in [0.25, 0.3) is 0 Å².